The number of carbonyl (C=O) groups excluding carboxylic acids is 1. The lowest BCUT2D eigenvalue weighted by Gasteiger charge is -2.27. The molecule has 1 aliphatic carbocycles. The number of carboxylic acid groups (broad SMARTS) is 1. The maximum Gasteiger partial charge on any atom is 0.307 e. The van der Waals surface area contributed by atoms with Crippen molar-refractivity contribution in [3.63, 3.8) is 0 Å². The highest BCUT2D eigenvalue weighted by Gasteiger charge is 2.35. The van der Waals surface area contributed by atoms with E-state index in [1.54, 1.807) is 18.3 Å². The predicted molar refractivity (Wildman–Crippen MR) is 73.7 cm³/mol. The van der Waals surface area contributed by atoms with Crippen LogP contribution in [0.4, 0.5) is 5.69 Å². The average Bonchev–Trinajstić information content (AvgIpc) is 2.41. The number of hydrogen-bond acceptors (Lipinski definition) is 3. The van der Waals surface area contributed by atoms with Gasteiger partial charge in [-0.1, -0.05) is 12.8 Å². The summed E-state index contributed by atoms with van der Waals surface area (Å²) >= 11 is 3.22. The Morgan fingerprint density at radius 1 is 1.26 bits per heavy atom. The Balaban J connectivity index is 2.05. The molecule has 2 N–H and O–H groups in total. The number of anilines is 1. The van der Waals surface area contributed by atoms with Crippen LogP contribution < -0.4 is 5.32 Å². The van der Waals surface area contributed by atoms with Crippen LogP contribution in [-0.2, 0) is 9.59 Å². The average molecular weight is 327 g/mol. The molecule has 1 aromatic rings. The molecule has 0 spiro atoms. The van der Waals surface area contributed by atoms with E-state index in [2.05, 4.69) is 26.2 Å². The number of hydrogen-bond donors (Lipinski definition) is 2. The number of pyridine rings is 1. The van der Waals surface area contributed by atoms with Gasteiger partial charge < -0.3 is 10.4 Å². The Hall–Kier alpha value is -1.43. The van der Waals surface area contributed by atoms with E-state index in [1.807, 2.05) is 0 Å². The molecular formula is C13H15BrN2O3. The summed E-state index contributed by atoms with van der Waals surface area (Å²) in [6.45, 7) is 0. The van der Waals surface area contributed by atoms with Gasteiger partial charge in [0.2, 0.25) is 5.91 Å². The van der Waals surface area contributed by atoms with E-state index in [-0.39, 0.29) is 5.91 Å². The molecule has 1 fully saturated rings. The van der Waals surface area contributed by atoms with Crippen LogP contribution in [0, 0.1) is 11.8 Å². The highest BCUT2D eigenvalue weighted by molar-refractivity contribution is 9.10. The van der Waals surface area contributed by atoms with Crippen molar-refractivity contribution in [1.29, 1.82) is 0 Å². The first-order valence-corrected chi connectivity index (χ1v) is 7.02. The minimum atomic E-state index is -0.881. The van der Waals surface area contributed by atoms with E-state index in [0.717, 1.165) is 12.8 Å². The van der Waals surface area contributed by atoms with Crippen molar-refractivity contribution in [2.24, 2.45) is 11.8 Å². The zero-order valence-electron chi connectivity index (χ0n) is 10.3. The molecule has 1 amide bonds. The standard InChI is InChI=1S/C13H15BrN2O3/c14-11-6-5-8(7-15-11)16-12(17)9-3-1-2-4-10(9)13(18)19/h5-7,9-10H,1-4H2,(H,16,17)(H,18,19)/t9-,10+/m1/s1. The van der Waals surface area contributed by atoms with Crippen LogP contribution in [-0.4, -0.2) is 22.0 Å². The van der Waals surface area contributed by atoms with E-state index in [0.29, 0.717) is 23.1 Å². The number of carbonyl (C=O) groups is 2. The Bertz CT molecular complexity index is 475. The van der Waals surface area contributed by atoms with Gasteiger partial charge in [-0.15, -0.1) is 0 Å². The number of halogens is 1. The van der Waals surface area contributed by atoms with Crippen LogP contribution >= 0.6 is 15.9 Å². The van der Waals surface area contributed by atoms with Crippen molar-refractivity contribution >= 4 is 33.5 Å². The Labute approximate surface area is 119 Å². The van der Waals surface area contributed by atoms with Gasteiger partial charge in [-0.05, 0) is 40.9 Å². The zero-order chi connectivity index (χ0) is 13.8. The third-order valence-electron chi connectivity index (χ3n) is 3.41. The molecule has 102 valence electrons. The smallest absolute Gasteiger partial charge is 0.307 e. The molecule has 1 heterocycles. The number of aromatic nitrogens is 1. The number of nitrogens with zero attached hydrogens (tertiary/aromatic N) is 1. The highest BCUT2D eigenvalue weighted by atomic mass is 79.9. The second kappa shape index (κ2) is 6.14. The normalized spacial score (nSPS) is 22.8. The number of rotatable bonds is 3. The molecule has 5 nitrogen and oxygen atoms in total. The van der Waals surface area contributed by atoms with E-state index in [9.17, 15) is 9.59 Å². The fourth-order valence-corrected chi connectivity index (χ4v) is 2.66. The van der Waals surface area contributed by atoms with E-state index >= 15 is 0 Å². The molecule has 0 aliphatic heterocycles. The molecule has 1 saturated carbocycles. The molecule has 0 saturated heterocycles. The number of nitrogens with one attached hydrogen (secondary N) is 1. The minimum absolute atomic E-state index is 0.226. The summed E-state index contributed by atoms with van der Waals surface area (Å²) in [5.41, 5.74) is 0.586. The monoisotopic (exact) mass is 326 g/mol. The molecule has 2 rings (SSSR count). The maximum absolute atomic E-state index is 12.2. The third-order valence-corrected chi connectivity index (χ3v) is 3.88. The fourth-order valence-electron chi connectivity index (χ4n) is 2.42. The summed E-state index contributed by atoms with van der Waals surface area (Å²) in [7, 11) is 0. The molecule has 0 aromatic carbocycles. The van der Waals surface area contributed by atoms with Crippen molar-refractivity contribution in [1.82, 2.24) is 4.98 Å². The summed E-state index contributed by atoms with van der Waals surface area (Å²) in [6, 6.07) is 3.46. The quantitative estimate of drug-likeness (QED) is 0.837. The number of amides is 1. The fraction of sp³-hybridized carbons (Fsp3) is 0.462. The summed E-state index contributed by atoms with van der Waals surface area (Å²) in [4.78, 5) is 27.3. The van der Waals surface area contributed by atoms with E-state index in [4.69, 9.17) is 5.11 Å². The zero-order valence-corrected chi connectivity index (χ0v) is 11.9. The molecule has 0 bridgehead atoms. The summed E-state index contributed by atoms with van der Waals surface area (Å²) < 4.78 is 0.687. The Kier molecular flexibility index (Phi) is 4.52. The van der Waals surface area contributed by atoms with Crippen LogP contribution in [0.2, 0.25) is 0 Å². The lowest BCUT2D eigenvalue weighted by atomic mass is 9.78. The predicted octanol–water partition coefficient (Wildman–Crippen LogP) is 2.67. The lowest BCUT2D eigenvalue weighted by Crippen LogP contribution is -2.36. The first kappa shape index (κ1) is 14.0. The van der Waals surface area contributed by atoms with Gasteiger partial charge in [0, 0.05) is 0 Å². The van der Waals surface area contributed by atoms with Gasteiger partial charge >= 0.3 is 5.97 Å². The molecule has 2 atom stereocenters. The van der Waals surface area contributed by atoms with Crippen LogP contribution in [0.3, 0.4) is 0 Å². The van der Waals surface area contributed by atoms with Gasteiger partial charge in [-0.2, -0.15) is 0 Å². The van der Waals surface area contributed by atoms with Gasteiger partial charge in [0.15, 0.2) is 0 Å². The summed E-state index contributed by atoms with van der Waals surface area (Å²) in [6.07, 6.45) is 4.53. The molecule has 6 heteroatoms. The SMILES string of the molecule is O=C(O)[C@H]1CCCC[C@H]1C(=O)Nc1ccc(Br)nc1. The lowest BCUT2D eigenvalue weighted by molar-refractivity contribution is -0.147. The van der Waals surface area contributed by atoms with E-state index in [1.165, 1.54) is 0 Å². The topological polar surface area (TPSA) is 79.3 Å². The van der Waals surface area contributed by atoms with Crippen LogP contribution in [0.25, 0.3) is 0 Å². The maximum atomic E-state index is 12.2. The van der Waals surface area contributed by atoms with Crippen molar-refractivity contribution in [3.05, 3.63) is 22.9 Å². The Morgan fingerprint density at radius 2 is 1.95 bits per heavy atom. The molecule has 0 radical (unpaired) electrons. The van der Waals surface area contributed by atoms with Crippen molar-refractivity contribution in [2.75, 3.05) is 5.32 Å². The second-order valence-electron chi connectivity index (χ2n) is 4.69. The van der Waals surface area contributed by atoms with Crippen molar-refractivity contribution in [3.8, 4) is 0 Å². The van der Waals surface area contributed by atoms with Crippen molar-refractivity contribution in [2.45, 2.75) is 25.7 Å². The van der Waals surface area contributed by atoms with Crippen LogP contribution in [0.15, 0.2) is 22.9 Å². The summed E-state index contributed by atoms with van der Waals surface area (Å²) in [5, 5.41) is 11.9. The first-order valence-electron chi connectivity index (χ1n) is 6.23. The molecule has 19 heavy (non-hydrogen) atoms. The molecule has 0 unspecified atom stereocenters. The molecular weight excluding hydrogens is 312 g/mol. The number of carboxylic acids is 1. The van der Waals surface area contributed by atoms with Gasteiger partial charge in [0.05, 0.1) is 23.7 Å². The molecule has 1 aliphatic rings. The van der Waals surface area contributed by atoms with Gasteiger partial charge in [0.1, 0.15) is 4.60 Å². The van der Waals surface area contributed by atoms with Gasteiger partial charge in [0.25, 0.3) is 0 Å². The van der Waals surface area contributed by atoms with Crippen molar-refractivity contribution < 1.29 is 14.7 Å². The first-order chi connectivity index (χ1) is 9.08. The summed E-state index contributed by atoms with van der Waals surface area (Å²) in [5.74, 6) is -2.13. The second-order valence-corrected chi connectivity index (χ2v) is 5.51. The van der Waals surface area contributed by atoms with E-state index < -0.39 is 17.8 Å². The number of aliphatic carboxylic acids is 1. The van der Waals surface area contributed by atoms with Crippen LogP contribution in [0.1, 0.15) is 25.7 Å². The van der Waals surface area contributed by atoms with Crippen LogP contribution in [0.5, 0.6) is 0 Å². The third kappa shape index (κ3) is 3.53. The Morgan fingerprint density at radius 3 is 2.53 bits per heavy atom. The largest absolute Gasteiger partial charge is 0.481 e. The minimum Gasteiger partial charge on any atom is -0.481 e. The van der Waals surface area contributed by atoms with Gasteiger partial charge in [-0.25, -0.2) is 4.98 Å². The molecule has 1 aromatic heterocycles. The highest BCUT2D eigenvalue weighted by Crippen LogP contribution is 2.31. The van der Waals surface area contributed by atoms with Gasteiger partial charge in [-0.3, -0.25) is 9.59 Å².